The Bertz CT molecular complexity index is 1180. The maximum Gasteiger partial charge on any atom is 0.200 e. The lowest BCUT2D eigenvalue weighted by molar-refractivity contribution is 0.207. The van der Waals surface area contributed by atoms with Crippen LogP contribution >= 0.6 is 0 Å². The van der Waals surface area contributed by atoms with Crippen molar-refractivity contribution in [3.8, 4) is 11.5 Å². The fourth-order valence-corrected chi connectivity index (χ4v) is 3.72. The minimum absolute atomic E-state index is 0.174. The zero-order chi connectivity index (χ0) is 20.6. The Morgan fingerprint density at radius 1 is 1.17 bits per heavy atom. The van der Waals surface area contributed by atoms with E-state index in [2.05, 4.69) is 32.6 Å². The molecule has 7 nitrogen and oxygen atoms in total. The van der Waals surface area contributed by atoms with Crippen LogP contribution in [0.3, 0.4) is 0 Å². The minimum Gasteiger partial charge on any atom is -0.336 e. The highest BCUT2D eigenvalue weighted by molar-refractivity contribution is 5.78. The first-order valence-corrected chi connectivity index (χ1v) is 10.0. The standard InChI is InChI=1S/C22H22FN7/c1-22(8-4-9-22)26-13-15-7-12-30-19(15)21(27-17-6-11-24-14-16(17)23)28-20(29-30)18-5-2-3-10-25-18/h2-3,5-7,10-12,14,26H,4,8-9,13H2,1H3,(H,24,27,28,29). The van der Waals surface area contributed by atoms with E-state index in [1.54, 1.807) is 23.0 Å². The quantitative estimate of drug-likeness (QED) is 0.505. The lowest BCUT2D eigenvalue weighted by Gasteiger charge is -2.39. The molecule has 8 heteroatoms. The summed E-state index contributed by atoms with van der Waals surface area (Å²) < 4.78 is 16.1. The van der Waals surface area contributed by atoms with Crippen molar-refractivity contribution < 1.29 is 4.39 Å². The topological polar surface area (TPSA) is 80.0 Å². The molecule has 0 aliphatic heterocycles. The summed E-state index contributed by atoms with van der Waals surface area (Å²) in [6.07, 6.45) is 9.92. The van der Waals surface area contributed by atoms with Crippen LogP contribution in [0.5, 0.6) is 0 Å². The molecule has 0 saturated heterocycles. The van der Waals surface area contributed by atoms with Gasteiger partial charge in [-0.05, 0) is 56.0 Å². The first-order valence-electron chi connectivity index (χ1n) is 10.0. The summed E-state index contributed by atoms with van der Waals surface area (Å²) in [7, 11) is 0. The minimum atomic E-state index is -0.443. The average Bonchev–Trinajstić information content (AvgIpc) is 3.16. The van der Waals surface area contributed by atoms with E-state index in [1.165, 1.54) is 25.5 Å². The van der Waals surface area contributed by atoms with Crippen LogP contribution < -0.4 is 10.6 Å². The van der Waals surface area contributed by atoms with Crippen molar-refractivity contribution in [2.24, 2.45) is 0 Å². The molecule has 0 aromatic carbocycles. The van der Waals surface area contributed by atoms with Crippen LogP contribution in [0.4, 0.5) is 15.9 Å². The summed E-state index contributed by atoms with van der Waals surface area (Å²) in [5.41, 5.74) is 2.99. The molecule has 1 aliphatic carbocycles. The van der Waals surface area contributed by atoms with Gasteiger partial charge < -0.3 is 10.6 Å². The van der Waals surface area contributed by atoms with Crippen LogP contribution in [-0.4, -0.2) is 30.1 Å². The third-order valence-corrected chi connectivity index (χ3v) is 5.68. The molecule has 4 aromatic rings. The number of nitrogens with one attached hydrogen (secondary N) is 2. The Kier molecular flexibility index (Phi) is 4.63. The van der Waals surface area contributed by atoms with Crippen molar-refractivity contribution in [2.45, 2.75) is 38.3 Å². The van der Waals surface area contributed by atoms with Gasteiger partial charge in [0.25, 0.3) is 0 Å². The molecular weight excluding hydrogens is 381 g/mol. The van der Waals surface area contributed by atoms with Gasteiger partial charge in [-0.1, -0.05) is 6.07 Å². The summed E-state index contributed by atoms with van der Waals surface area (Å²) in [4.78, 5) is 12.9. The normalized spacial score (nSPS) is 15.1. The van der Waals surface area contributed by atoms with Crippen LogP contribution in [0.25, 0.3) is 17.0 Å². The van der Waals surface area contributed by atoms with E-state index < -0.39 is 5.82 Å². The van der Waals surface area contributed by atoms with E-state index in [4.69, 9.17) is 4.98 Å². The molecule has 30 heavy (non-hydrogen) atoms. The number of halogens is 1. The number of anilines is 2. The highest BCUT2D eigenvalue weighted by Gasteiger charge is 2.31. The van der Waals surface area contributed by atoms with Gasteiger partial charge in [-0.3, -0.25) is 9.97 Å². The lowest BCUT2D eigenvalue weighted by Crippen LogP contribution is -2.47. The highest BCUT2D eigenvalue weighted by atomic mass is 19.1. The summed E-state index contributed by atoms with van der Waals surface area (Å²) >= 11 is 0. The van der Waals surface area contributed by atoms with Crippen molar-refractivity contribution in [3.05, 3.63) is 66.5 Å². The van der Waals surface area contributed by atoms with Gasteiger partial charge in [-0.2, -0.15) is 0 Å². The Labute approximate surface area is 173 Å². The van der Waals surface area contributed by atoms with E-state index in [-0.39, 0.29) is 5.54 Å². The van der Waals surface area contributed by atoms with E-state index in [1.807, 2.05) is 30.5 Å². The third kappa shape index (κ3) is 3.50. The Morgan fingerprint density at radius 2 is 2.07 bits per heavy atom. The van der Waals surface area contributed by atoms with Gasteiger partial charge in [-0.25, -0.2) is 13.9 Å². The second kappa shape index (κ2) is 7.46. The molecule has 0 amide bonds. The number of aromatic nitrogens is 5. The summed E-state index contributed by atoms with van der Waals surface area (Å²) in [5, 5.41) is 11.4. The molecule has 4 heterocycles. The molecule has 0 radical (unpaired) electrons. The van der Waals surface area contributed by atoms with Gasteiger partial charge in [0.1, 0.15) is 11.2 Å². The van der Waals surface area contributed by atoms with Gasteiger partial charge in [-0.15, -0.1) is 5.10 Å². The van der Waals surface area contributed by atoms with Gasteiger partial charge in [0.05, 0.1) is 11.9 Å². The largest absolute Gasteiger partial charge is 0.336 e. The van der Waals surface area contributed by atoms with Crippen LogP contribution in [-0.2, 0) is 6.54 Å². The maximum absolute atomic E-state index is 14.3. The number of hydrogen-bond donors (Lipinski definition) is 2. The predicted octanol–water partition coefficient (Wildman–Crippen LogP) is 4.10. The smallest absolute Gasteiger partial charge is 0.200 e. The summed E-state index contributed by atoms with van der Waals surface area (Å²) in [6.45, 7) is 2.93. The van der Waals surface area contributed by atoms with E-state index in [0.717, 1.165) is 11.1 Å². The van der Waals surface area contributed by atoms with Crippen molar-refractivity contribution in [1.29, 1.82) is 0 Å². The Balaban J connectivity index is 1.58. The molecule has 152 valence electrons. The number of rotatable bonds is 6. The van der Waals surface area contributed by atoms with E-state index in [0.29, 0.717) is 29.6 Å². The molecule has 0 spiro atoms. The number of nitrogens with zero attached hydrogens (tertiary/aromatic N) is 5. The predicted molar refractivity (Wildman–Crippen MR) is 113 cm³/mol. The van der Waals surface area contributed by atoms with Crippen molar-refractivity contribution in [1.82, 2.24) is 29.9 Å². The van der Waals surface area contributed by atoms with Gasteiger partial charge in [0, 0.05) is 30.7 Å². The molecule has 1 aliphatic rings. The third-order valence-electron chi connectivity index (χ3n) is 5.68. The summed E-state index contributed by atoms with van der Waals surface area (Å²) in [5.74, 6) is 0.541. The molecule has 5 rings (SSSR count). The van der Waals surface area contributed by atoms with Crippen LogP contribution in [0, 0.1) is 5.82 Å². The van der Waals surface area contributed by atoms with Crippen molar-refractivity contribution in [3.63, 3.8) is 0 Å². The zero-order valence-corrected chi connectivity index (χ0v) is 16.6. The molecule has 0 atom stereocenters. The second-order valence-electron chi connectivity index (χ2n) is 7.88. The number of pyridine rings is 2. The highest BCUT2D eigenvalue weighted by Crippen LogP contribution is 2.32. The first-order chi connectivity index (χ1) is 14.6. The van der Waals surface area contributed by atoms with Crippen molar-refractivity contribution >= 4 is 17.0 Å². The molecule has 4 aromatic heterocycles. The molecule has 2 N–H and O–H groups in total. The second-order valence-corrected chi connectivity index (χ2v) is 7.88. The van der Waals surface area contributed by atoms with Gasteiger partial charge >= 0.3 is 0 Å². The SMILES string of the molecule is CC1(NCc2ccn3nc(-c4ccccn4)nc(Nc4ccncc4F)c23)CCC1. The molecule has 1 saturated carbocycles. The van der Waals surface area contributed by atoms with Crippen LogP contribution in [0.2, 0.25) is 0 Å². The number of hydrogen-bond acceptors (Lipinski definition) is 6. The Morgan fingerprint density at radius 3 is 2.80 bits per heavy atom. The first kappa shape index (κ1) is 18.6. The van der Waals surface area contributed by atoms with E-state index in [9.17, 15) is 4.39 Å². The van der Waals surface area contributed by atoms with Crippen LogP contribution in [0.1, 0.15) is 31.7 Å². The van der Waals surface area contributed by atoms with Crippen LogP contribution in [0.15, 0.2) is 55.1 Å². The molecule has 0 unspecified atom stereocenters. The monoisotopic (exact) mass is 403 g/mol. The molecular formula is C22H22FN7. The maximum atomic E-state index is 14.3. The van der Waals surface area contributed by atoms with Gasteiger partial charge in [0.2, 0.25) is 5.82 Å². The molecule has 0 bridgehead atoms. The molecule has 1 fully saturated rings. The number of fused-ring (bicyclic) bond motifs is 1. The zero-order valence-electron chi connectivity index (χ0n) is 16.6. The fourth-order valence-electron chi connectivity index (χ4n) is 3.72. The van der Waals surface area contributed by atoms with E-state index >= 15 is 0 Å². The average molecular weight is 403 g/mol. The lowest BCUT2D eigenvalue weighted by atomic mass is 9.78. The Hall–Kier alpha value is -3.39. The van der Waals surface area contributed by atoms with Crippen molar-refractivity contribution in [2.75, 3.05) is 5.32 Å². The fraction of sp³-hybridized carbons (Fsp3) is 0.273. The summed E-state index contributed by atoms with van der Waals surface area (Å²) in [6, 6.07) is 9.19. The van der Waals surface area contributed by atoms with Gasteiger partial charge in [0.15, 0.2) is 11.6 Å².